The van der Waals surface area contributed by atoms with Gasteiger partial charge in [-0.25, -0.2) is 9.13 Å². The molecule has 0 rings (SSSR count). The van der Waals surface area contributed by atoms with Crippen LogP contribution in [0.1, 0.15) is 439 Å². The summed E-state index contributed by atoms with van der Waals surface area (Å²) in [6, 6.07) is 0. The van der Waals surface area contributed by atoms with Gasteiger partial charge >= 0.3 is 39.5 Å². The van der Waals surface area contributed by atoms with Crippen molar-refractivity contribution < 1.29 is 80.2 Å². The number of carbonyl (C=O) groups is 4. The average molecular weight is 1470 g/mol. The number of aliphatic hydroxyl groups excluding tert-OH is 1. The molecular weight excluding hydrogens is 1310 g/mol. The SMILES string of the molecule is CCCCCCCCCCCCCCCCCCCCCC(=O)O[C@H](COC(=O)CCCCCCCCCCCCCCCCCCCC)COP(=O)(O)OC[C@@H](O)COP(=O)(O)OC[C@@H](COC(=O)CCCCCCCCC)OC(=O)CCCCCCCCCCCCCCCCCC. The van der Waals surface area contributed by atoms with Crippen LogP contribution < -0.4 is 0 Å². The topological polar surface area (TPSA) is 237 Å². The van der Waals surface area contributed by atoms with E-state index in [0.29, 0.717) is 25.7 Å². The quantitative estimate of drug-likeness (QED) is 0.0222. The first-order valence-electron chi connectivity index (χ1n) is 42.3. The minimum Gasteiger partial charge on any atom is -0.462 e. The molecule has 0 saturated heterocycles. The summed E-state index contributed by atoms with van der Waals surface area (Å²) in [5, 5.41) is 10.6. The molecule has 0 fully saturated rings. The molecule has 0 amide bonds. The molecule has 0 spiro atoms. The molecule has 0 aliphatic rings. The Hall–Kier alpha value is -1.94. The van der Waals surface area contributed by atoms with E-state index in [-0.39, 0.29) is 25.7 Å². The van der Waals surface area contributed by atoms with Crippen LogP contribution in [0.15, 0.2) is 0 Å². The third-order valence-electron chi connectivity index (χ3n) is 19.1. The van der Waals surface area contributed by atoms with Crippen LogP contribution in [-0.4, -0.2) is 96.7 Å². The Kier molecular flexibility index (Phi) is 73.8. The van der Waals surface area contributed by atoms with Crippen molar-refractivity contribution in [2.45, 2.75) is 457 Å². The van der Waals surface area contributed by atoms with Gasteiger partial charge in [0, 0.05) is 25.7 Å². The second-order valence-electron chi connectivity index (χ2n) is 29.2. The van der Waals surface area contributed by atoms with Crippen molar-refractivity contribution >= 4 is 39.5 Å². The summed E-state index contributed by atoms with van der Waals surface area (Å²) in [6.45, 7) is 4.99. The molecule has 0 heterocycles. The smallest absolute Gasteiger partial charge is 0.462 e. The van der Waals surface area contributed by atoms with Crippen LogP contribution in [0.2, 0.25) is 0 Å². The number of carbonyl (C=O) groups excluding carboxylic acids is 4. The Bertz CT molecular complexity index is 1890. The van der Waals surface area contributed by atoms with Crippen LogP contribution in [0.3, 0.4) is 0 Å². The van der Waals surface area contributed by atoms with Gasteiger partial charge in [-0.05, 0) is 25.7 Å². The fourth-order valence-electron chi connectivity index (χ4n) is 12.6. The van der Waals surface area contributed by atoms with Gasteiger partial charge in [0.05, 0.1) is 26.4 Å². The molecule has 594 valence electrons. The molecule has 0 radical (unpaired) electrons. The van der Waals surface area contributed by atoms with Gasteiger partial charge in [-0.3, -0.25) is 37.3 Å². The summed E-state index contributed by atoms with van der Waals surface area (Å²) >= 11 is 0. The summed E-state index contributed by atoms with van der Waals surface area (Å²) in [5.74, 6) is -2.11. The number of hydrogen-bond acceptors (Lipinski definition) is 15. The lowest BCUT2D eigenvalue weighted by atomic mass is 10.0. The summed E-state index contributed by atoms with van der Waals surface area (Å²) in [4.78, 5) is 72.9. The van der Waals surface area contributed by atoms with Crippen molar-refractivity contribution in [1.29, 1.82) is 0 Å². The van der Waals surface area contributed by atoms with Gasteiger partial charge in [-0.1, -0.05) is 387 Å². The molecule has 0 aromatic heterocycles. The lowest BCUT2D eigenvalue weighted by Crippen LogP contribution is -2.30. The standard InChI is InChI=1S/C81H158O17P2/c1-5-9-13-17-21-24-27-30-33-36-38-40-43-46-49-52-56-60-64-68-81(86)98-77(72-92-79(84)66-62-58-54-50-47-44-42-39-37-34-31-28-25-22-18-14-10-6-2)74-96-100(89,90)94-70-75(82)69-93-99(87,88)95-73-76(71-91-78(83)65-61-57-53-20-16-12-8-4)97-80(85)67-63-59-55-51-48-45-41-35-32-29-26-23-19-15-11-7-3/h75-77,82H,5-74H2,1-4H3,(H,87,88)(H,89,90)/t75-,76+,77+/m0/s1. The van der Waals surface area contributed by atoms with E-state index in [1.54, 1.807) is 0 Å². The molecule has 100 heavy (non-hydrogen) atoms. The maximum Gasteiger partial charge on any atom is 0.472 e. The van der Waals surface area contributed by atoms with Crippen LogP contribution >= 0.6 is 15.6 Å². The molecule has 0 aromatic rings. The Morgan fingerprint density at radius 1 is 0.240 bits per heavy atom. The number of hydrogen-bond donors (Lipinski definition) is 3. The summed E-state index contributed by atoms with van der Waals surface area (Å²) in [7, 11) is -9.91. The fraction of sp³-hybridized carbons (Fsp3) is 0.951. The zero-order valence-electron chi connectivity index (χ0n) is 65.2. The van der Waals surface area contributed by atoms with Crippen molar-refractivity contribution in [3.05, 3.63) is 0 Å². The molecule has 0 aromatic carbocycles. The number of unbranched alkanes of at least 4 members (excludes halogenated alkanes) is 56. The van der Waals surface area contributed by atoms with Gasteiger partial charge in [0.25, 0.3) is 0 Å². The van der Waals surface area contributed by atoms with Gasteiger partial charge < -0.3 is 33.8 Å². The minimum absolute atomic E-state index is 0.109. The molecule has 3 N–H and O–H groups in total. The maximum absolute atomic E-state index is 13.1. The van der Waals surface area contributed by atoms with Crippen LogP contribution in [-0.2, 0) is 65.4 Å². The van der Waals surface area contributed by atoms with Crippen molar-refractivity contribution in [1.82, 2.24) is 0 Å². The number of ether oxygens (including phenoxy) is 4. The number of phosphoric acid groups is 2. The van der Waals surface area contributed by atoms with Gasteiger partial charge in [0.15, 0.2) is 12.2 Å². The van der Waals surface area contributed by atoms with Gasteiger partial charge in [0.1, 0.15) is 19.3 Å². The molecule has 0 aliphatic heterocycles. The van der Waals surface area contributed by atoms with Gasteiger partial charge in [0.2, 0.25) is 0 Å². The summed E-state index contributed by atoms with van der Waals surface area (Å²) < 4.78 is 68.6. The highest BCUT2D eigenvalue weighted by Gasteiger charge is 2.30. The normalized spacial score (nSPS) is 13.8. The van der Waals surface area contributed by atoms with E-state index < -0.39 is 97.5 Å². The molecule has 5 atom stereocenters. The highest BCUT2D eigenvalue weighted by Crippen LogP contribution is 2.45. The Labute approximate surface area is 613 Å². The zero-order valence-corrected chi connectivity index (χ0v) is 67.0. The Morgan fingerprint density at radius 2 is 0.400 bits per heavy atom. The van der Waals surface area contributed by atoms with Crippen LogP contribution in [0, 0.1) is 0 Å². The van der Waals surface area contributed by atoms with Gasteiger partial charge in [-0.15, -0.1) is 0 Å². The first-order chi connectivity index (χ1) is 48.7. The highest BCUT2D eigenvalue weighted by atomic mass is 31.2. The van der Waals surface area contributed by atoms with E-state index >= 15 is 0 Å². The minimum atomic E-state index is -4.96. The Morgan fingerprint density at radius 3 is 0.590 bits per heavy atom. The first-order valence-corrected chi connectivity index (χ1v) is 45.3. The lowest BCUT2D eigenvalue weighted by Gasteiger charge is -2.21. The van der Waals surface area contributed by atoms with E-state index in [1.165, 1.54) is 257 Å². The van der Waals surface area contributed by atoms with Crippen LogP contribution in [0.25, 0.3) is 0 Å². The molecule has 0 aliphatic carbocycles. The number of rotatable bonds is 82. The van der Waals surface area contributed by atoms with E-state index in [0.717, 1.165) is 103 Å². The zero-order chi connectivity index (χ0) is 73.2. The maximum atomic E-state index is 13.1. The largest absolute Gasteiger partial charge is 0.472 e. The van der Waals surface area contributed by atoms with Crippen molar-refractivity contribution in [3.63, 3.8) is 0 Å². The molecule has 2 unspecified atom stereocenters. The van der Waals surface area contributed by atoms with E-state index in [4.69, 9.17) is 37.0 Å². The van der Waals surface area contributed by atoms with Crippen molar-refractivity contribution in [2.75, 3.05) is 39.6 Å². The van der Waals surface area contributed by atoms with Crippen LogP contribution in [0.5, 0.6) is 0 Å². The monoisotopic (exact) mass is 1470 g/mol. The van der Waals surface area contributed by atoms with Crippen molar-refractivity contribution in [3.8, 4) is 0 Å². The number of phosphoric ester groups is 2. The average Bonchev–Trinajstić information content (AvgIpc) is 1.08. The van der Waals surface area contributed by atoms with Crippen LogP contribution in [0.4, 0.5) is 0 Å². The molecule has 0 bridgehead atoms. The predicted octanol–water partition coefficient (Wildman–Crippen LogP) is 24.6. The molecule has 17 nitrogen and oxygen atoms in total. The number of aliphatic hydroxyl groups is 1. The van der Waals surface area contributed by atoms with E-state index in [2.05, 4.69) is 27.7 Å². The fourth-order valence-corrected chi connectivity index (χ4v) is 14.2. The third-order valence-corrected chi connectivity index (χ3v) is 21.0. The summed E-state index contributed by atoms with van der Waals surface area (Å²) in [5.41, 5.74) is 0. The van der Waals surface area contributed by atoms with Crippen molar-refractivity contribution in [2.24, 2.45) is 0 Å². The predicted molar refractivity (Wildman–Crippen MR) is 409 cm³/mol. The summed E-state index contributed by atoms with van der Waals surface area (Å²) in [6.07, 6.45) is 68.2. The first kappa shape index (κ1) is 98.1. The molecular formula is C81H158O17P2. The van der Waals surface area contributed by atoms with Gasteiger partial charge in [-0.2, -0.15) is 0 Å². The lowest BCUT2D eigenvalue weighted by molar-refractivity contribution is -0.161. The van der Waals surface area contributed by atoms with E-state index in [1.807, 2.05) is 0 Å². The second-order valence-corrected chi connectivity index (χ2v) is 32.1. The highest BCUT2D eigenvalue weighted by molar-refractivity contribution is 7.47. The second kappa shape index (κ2) is 75.3. The number of esters is 4. The van der Waals surface area contributed by atoms with E-state index in [9.17, 15) is 43.2 Å². The third kappa shape index (κ3) is 74.3. The molecule has 19 heteroatoms. The Balaban J connectivity index is 5.17. The molecule has 0 saturated carbocycles.